The molecular weight excluding hydrogens is 208 g/mol. The lowest BCUT2D eigenvalue weighted by Crippen LogP contribution is -2.36. The van der Waals surface area contributed by atoms with Gasteiger partial charge in [-0.2, -0.15) is 0 Å². The second-order valence-electron chi connectivity index (χ2n) is 4.16. The number of primary amides is 1. The van der Waals surface area contributed by atoms with Crippen molar-refractivity contribution in [2.75, 3.05) is 6.54 Å². The first-order valence-electron chi connectivity index (χ1n) is 5.61. The lowest BCUT2D eigenvalue weighted by molar-refractivity contribution is -0.128. The highest BCUT2D eigenvalue weighted by Crippen LogP contribution is 2.31. The number of fused-ring (bicyclic) bond motifs is 1. The molecule has 1 saturated heterocycles. The van der Waals surface area contributed by atoms with E-state index in [1.54, 1.807) is 17.1 Å². The Morgan fingerprint density at radius 1 is 1.44 bits per heavy atom. The summed E-state index contributed by atoms with van der Waals surface area (Å²) in [6.07, 6.45) is 6.47. The van der Waals surface area contributed by atoms with Crippen molar-refractivity contribution in [3.8, 4) is 0 Å². The van der Waals surface area contributed by atoms with Gasteiger partial charge in [0.1, 0.15) is 6.10 Å². The molecule has 0 aliphatic carbocycles. The second kappa shape index (κ2) is 4.65. The van der Waals surface area contributed by atoms with E-state index < -0.39 is 0 Å². The number of carbonyl (C=O) groups is 2. The van der Waals surface area contributed by atoms with E-state index in [9.17, 15) is 9.59 Å². The lowest BCUT2D eigenvalue weighted by atomic mass is 10.1. The molecule has 5 heteroatoms. The summed E-state index contributed by atoms with van der Waals surface area (Å²) in [5.74, 6) is -0.240. The summed E-state index contributed by atoms with van der Waals surface area (Å²) < 4.78 is 5.30. The van der Waals surface area contributed by atoms with Crippen LogP contribution in [0.5, 0.6) is 0 Å². The first-order valence-corrected chi connectivity index (χ1v) is 5.61. The summed E-state index contributed by atoms with van der Waals surface area (Å²) >= 11 is 0. The van der Waals surface area contributed by atoms with Gasteiger partial charge < -0.3 is 15.4 Å². The van der Waals surface area contributed by atoms with Crippen molar-refractivity contribution in [1.82, 2.24) is 4.90 Å². The third-order valence-electron chi connectivity index (χ3n) is 2.84. The Balaban J connectivity index is 1.64. The average molecular weight is 224 g/mol. The quantitative estimate of drug-likeness (QED) is 0.515. The molecule has 2 aliphatic rings. The molecule has 0 aromatic carbocycles. The van der Waals surface area contributed by atoms with Gasteiger partial charge in [-0.1, -0.05) is 6.42 Å². The highest BCUT2D eigenvalue weighted by molar-refractivity contribution is 5.89. The Labute approximate surface area is 94.2 Å². The fourth-order valence-corrected chi connectivity index (χ4v) is 1.90. The van der Waals surface area contributed by atoms with Crippen LogP contribution >= 0.6 is 0 Å². The molecule has 2 amide bonds. The number of epoxide rings is 1. The SMILES string of the molecule is NC(=O)CCCCCN1C(=O)C=CC2OC21. The van der Waals surface area contributed by atoms with Gasteiger partial charge >= 0.3 is 0 Å². The van der Waals surface area contributed by atoms with Crippen LogP contribution < -0.4 is 5.73 Å². The van der Waals surface area contributed by atoms with Gasteiger partial charge in [-0.05, 0) is 18.9 Å². The molecule has 2 rings (SSSR count). The minimum Gasteiger partial charge on any atom is -0.370 e. The van der Waals surface area contributed by atoms with Gasteiger partial charge in [0.15, 0.2) is 6.23 Å². The predicted octanol–water partition coefficient (Wildman–Crippen LogP) is 0.155. The molecule has 0 aromatic rings. The number of unbranched alkanes of at least 4 members (excludes halogenated alkanes) is 2. The molecule has 2 atom stereocenters. The van der Waals surface area contributed by atoms with Crippen molar-refractivity contribution in [3.63, 3.8) is 0 Å². The van der Waals surface area contributed by atoms with E-state index in [0.717, 1.165) is 19.3 Å². The van der Waals surface area contributed by atoms with E-state index in [2.05, 4.69) is 0 Å². The van der Waals surface area contributed by atoms with Crippen molar-refractivity contribution in [2.24, 2.45) is 5.73 Å². The number of ether oxygens (including phenoxy) is 1. The smallest absolute Gasteiger partial charge is 0.248 e. The summed E-state index contributed by atoms with van der Waals surface area (Å²) in [5.41, 5.74) is 5.04. The monoisotopic (exact) mass is 224 g/mol. The van der Waals surface area contributed by atoms with Crippen molar-refractivity contribution < 1.29 is 14.3 Å². The van der Waals surface area contributed by atoms with Crippen LogP contribution in [0.25, 0.3) is 0 Å². The third kappa shape index (κ3) is 2.61. The van der Waals surface area contributed by atoms with E-state index in [1.807, 2.05) is 0 Å². The van der Waals surface area contributed by atoms with Crippen molar-refractivity contribution in [1.29, 1.82) is 0 Å². The third-order valence-corrected chi connectivity index (χ3v) is 2.84. The Hall–Kier alpha value is -1.36. The highest BCUT2D eigenvalue weighted by atomic mass is 16.6. The van der Waals surface area contributed by atoms with E-state index in [1.165, 1.54) is 0 Å². The van der Waals surface area contributed by atoms with Crippen LogP contribution in [0.4, 0.5) is 0 Å². The molecule has 1 fully saturated rings. The van der Waals surface area contributed by atoms with Gasteiger partial charge in [-0.15, -0.1) is 0 Å². The van der Waals surface area contributed by atoms with E-state index in [0.29, 0.717) is 13.0 Å². The summed E-state index contributed by atoms with van der Waals surface area (Å²) in [5, 5.41) is 0. The number of hydrogen-bond acceptors (Lipinski definition) is 3. The van der Waals surface area contributed by atoms with Crippen LogP contribution in [0.3, 0.4) is 0 Å². The van der Waals surface area contributed by atoms with Crippen molar-refractivity contribution >= 4 is 11.8 Å². The van der Waals surface area contributed by atoms with Crippen LogP contribution in [-0.2, 0) is 14.3 Å². The molecule has 0 radical (unpaired) electrons. The number of nitrogens with two attached hydrogens (primary N) is 1. The maximum Gasteiger partial charge on any atom is 0.248 e. The Bertz CT molecular complexity index is 327. The number of hydrogen-bond donors (Lipinski definition) is 1. The molecule has 16 heavy (non-hydrogen) atoms. The van der Waals surface area contributed by atoms with Crippen molar-refractivity contribution in [2.45, 2.75) is 38.0 Å². The standard InChI is InChI=1S/C11H16N2O3/c12-9(14)4-2-1-3-7-13-10(15)6-5-8-11(13)16-8/h5-6,8,11H,1-4,7H2,(H2,12,14). The van der Waals surface area contributed by atoms with E-state index >= 15 is 0 Å². The van der Waals surface area contributed by atoms with Gasteiger partial charge in [-0.25, -0.2) is 0 Å². The van der Waals surface area contributed by atoms with Gasteiger partial charge in [0.25, 0.3) is 0 Å². The Kier molecular flexibility index (Phi) is 3.24. The molecule has 88 valence electrons. The molecule has 0 bridgehead atoms. The Morgan fingerprint density at radius 3 is 3.00 bits per heavy atom. The summed E-state index contributed by atoms with van der Waals surface area (Å²) in [7, 11) is 0. The highest BCUT2D eigenvalue weighted by Gasteiger charge is 2.46. The molecule has 2 heterocycles. The van der Waals surface area contributed by atoms with Crippen LogP contribution in [0.1, 0.15) is 25.7 Å². The molecule has 2 aliphatic heterocycles. The van der Waals surface area contributed by atoms with Crippen LogP contribution in [0.2, 0.25) is 0 Å². The maximum absolute atomic E-state index is 11.5. The maximum atomic E-state index is 11.5. The zero-order chi connectivity index (χ0) is 11.5. The fraction of sp³-hybridized carbons (Fsp3) is 0.636. The van der Waals surface area contributed by atoms with E-state index in [-0.39, 0.29) is 24.1 Å². The molecule has 0 saturated carbocycles. The zero-order valence-electron chi connectivity index (χ0n) is 9.09. The zero-order valence-corrected chi connectivity index (χ0v) is 9.09. The average Bonchev–Trinajstić information content (AvgIpc) is 2.99. The van der Waals surface area contributed by atoms with Gasteiger partial charge in [0, 0.05) is 19.0 Å². The van der Waals surface area contributed by atoms with Gasteiger partial charge in [0.05, 0.1) is 0 Å². The van der Waals surface area contributed by atoms with E-state index in [4.69, 9.17) is 10.5 Å². The summed E-state index contributed by atoms with van der Waals surface area (Å²) in [4.78, 5) is 23.7. The second-order valence-corrected chi connectivity index (χ2v) is 4.16. The summed E-state index contributed by atoms with van der Waals surface area (Å²) in [6, 6.07) is 0. The molecule has 0 spiro atoms. The van der Waals surface area contributed by atoms with Gasteiger partial charge in [-0.3, -0.25) is 9.59 Å². The number of amides is 2. The van der Waals surface area contributed by atoms with Crippen molar-refractivity contribution in [3.05, 3.63) is 12.2 Å². The van der Waals surface area contributed by atoms with Crippen LogP contribution in [0.15, 0.2) is 12.2 Å². The minimum absolute atomic E-state index is 0.0219. The molecule has 2 N–H and O–H groups in total. The molecule has 0 aromatic heterocycles. The normalized spacial score (nSPS) is 26.8. The number of rotatable bonds is 6. The van der Waals surface area contributed by atoms with Gasteiger partial charge in [0.2, 0.25) is 11.8 Å². The number of nitrogens with zero attached hydrogens (tertiary/aromatic N) is 1. The topological polar surface area (TPSA) is 75.9 Å². The first kappa shape index (κ1) is 11.1. The van der Waals surface area contributed by atoms with Crippen LogP contribution in [-0.4, -0.2) is 35.6 Å². The predicted molar refractivity (Wildman–Crippen MR) is 57.2 cm³/mol. The summed E-state index contributed by atoms with van der Waals surface area (Å²) in [6.45, 7) is 0.698. The molecule has 2 unspecified atom stereocenters. The molecule has 5 nitrogen and oxygen atoms in total. The number of carbonyl (C=O) groups excluding carboxylic acids is 2. The fourth-order valence-electron chi connectivity index (χ4n) is 1.90. The molecular formula is C11H16N2O3. The lowest BCUT2D eigenvalue weighted by Gasteiger charge is -2.20. The first-order chi connectivity index (χ1) is 7.68. The largest absolute Gasteiger partial charge is 0.370 e. The van der Waals surface area contributed by atoms with Crippen LogP contribution in [0, 0.1) is 0 Å². The minimum atomic E-state index is -0.262. The Morgan fingerprint density at radius 2 is 2.25 bits per heavy atom.